The van der Waals surface area contributed by atoms with Gasteiger partial charge in [-0.1, -0.05) is 26.0 Å². The Balaban J connectivity index is 2.58. The van der Waals surface area contributed by atoms with E-state index in [9.17, 15) is 23.1 Å². The van der Waals surface area contributed by atoms with E-state index in [0.717, 1.165) is 17.8 Å². The van der Waals surface area contributed by atoms with Gasteiger partial charge in [-0.05, 0) is 43.0 Å². The van der Waals surface area contributed by atoms with E-state index in [1.54, 1.807) is 39.8 Å². The molecular weight excluding hydrogens is 363 g/mol. The van der Waals surface area contributed by atoms with Crippen LogP contribution >= 0.6 is 11.8 Å². The number of pyridine rings is 1. The van der Waals surface area contributed by atoms with E-state index < -0.39 is 22.5 Å². The second kappa shape index (κ2) is 7.31. The number of thioether (sulfide) groups is 1. The fraction of sp³-hybridized carbons (Fsp3) is 0.368. The molecule has 1 aromatic heterocycles. The number of carboxylic acid groups (broad SMARTS) is 1. The zero-order chi connectivity index (χ0) is 19.7. The predicted molar refractivity (Wildman–Crippen MR) is 96.3 cm³/mol. The Bertz CT molecular complexity index is 817. The summed E-state index contributed by atoms with van der Waals surface area (Å²) in [5.74, 6) is -1.27. The number of alkyl halides is 3. The second-order valence-corrected chi connectivity index (χ2v) is 8.41. The van der Waals surface area contributed by atoms with Crippen LogP contribution in [0.3, 0.4) is 0 Å². The lowest BCUT2D eigenvalue weighted by atomic mass is 9.93. The average molecular weight is 383 g/mol. The van der Waals surface area contributed by atoms with Crippen LogP contribution < -0.4 is 0 Å². The standard InChI is InChI=1S/C19H20F3NO2S/c1-11(2)13-6-5-12(9-15(13)19(20,21)22)14-10-23-8-7-16(14)26-18(3,4)17(24)25/h5-11H,1-4H3,(H,24,25). The summed E-state index contributed by atoms with van der Waals surface area (Å²) in [5.41, 5.74) is 0.388. The van der Waals surface area contributed by atoms with Crippen molar-refractivity contribution in [2.75, 3.05) is 0 Å². The number of rotatable bonds is 5. The Morgan fingerprint density at radius 1 is 1.19 bits per heavy atom. The number of halogens is 3. The van der Waals surface area contributed by atoms with Gasteiger partial charge in [0.2, 0.25) is 0 Å². The van der Waals surface area contributed by atoms with Gasteiger partial charge in [-0.15, -0.1) is 11.8 Å². The number of aliphatic carboxylic acids is 1. The van der Waals surface area contributed by atoms with E-state index in [1.807, 2.05) is 0 Å². The molecule has 0 spiro atoms. The van der Waals surface area contributed by atoms with Gasteiger partial charge in [-0.3, -0.25) is 9.78 Å². The van der Waals surface area contributed by atoms with Crippen LogP contribution in [0.15, 0.2) is 41.6 Å². The van der Waals surface area contributed by atoms with Gasteiger partial charge in [0.05, 0.1) is 5.56 Å². The maximum atomic E-state index is 13.5. The van der Waals surface area contributed by atoms with Crippen molar-refractivity contribution in [1.29, 1.82) is 0 Å². The summed E-state index contributed by atoms with van der Waals surface area (Å²) in [5, 5.41) is 9.33. The molecule has 0 aliphatic heterocycles. The molecule has 7 heteroatoms. The molecule has 0 bridgehead atoms. The Morgan fingerprint density at radius 3 is 2.38 bits per heavy atom. The zero-order valence-corrected chi connectivity index (χ0v) is 15.7. The molecule has 0 aliphatic carbocycles. The highest BCUT2D eigenvalue weighted by Gasteiger charge is 2.35. The van der Waals surface area contributed by atoms with Gasteiger partial charge in [-0.2, -0.15) is 13.2 Å². The van der Waals surface area contributed by atoms with Gasteiger partial charge in [0.1, 0.15) is 4.75 Å². The first kappa shape index (κ1) is 20.3. The predicted octanol–water partition coefficient (Wildman–Crippen LogP) is 5.85. The maximum Gasteiger partial charge on any atom is 0.416 e. The van der Waals surface area contributed by atoms with Gasteiger partial charge in [0.15, 0.2) is 0 Å². The van der Waals surface area contributed by atoms with Crippen molar-refractivity contribution < 1.29 is 23.1 Å². The molecule has 1 aromatic carbocycles. The molecule has 1 N–H and O–H groups in total. The monoisotopic (exact) mass is 383 g/mol. The molecule has 0 saturated carbocycles. The molecule has 0 fully saturated rings. The molecule has 0 amide bonds. The first-order valence-electron chi connectivity index (χ1n) is 8.01. The number of hydrogen-bond acceptors (Lipinski definition) is 3. The van der Waals surface area contributed by atoms with Crippen molar-refractivity contribution in [3.63, 3.8) is 0 Å². The summed E-state index contributed by atoms with van der Waals surface area (Å²) in [4.78, 5) is 16.0. The van der Waals surface area contributed by atoms with Gasteiger partial charge in [-0.25, -0.2) is 0 Å². The van der Waals surface area contributed by atoms with Crippen LogP contribution in [0.25, 0.3) is 11.1 Å². The van der Waals surface area contributed by atoms with E-state index in [-0.39, 0.29) is 11.5 Å². The third-order valence-corrected chi connectivity index (χ3v) is 5.21. The fourth-order valence-corrected chi connectivity index (χ4v) is 3.53. The van der Waals surface area contributed by atoms with Crippen LogP contribution in [0.1, 0.15) is 44.7 Å². The van der Waals surface area contributed by atoms with Crippen molar-refractivity contribution in [3.8, 4) is 11.1 Å². The van der Waals surface area contributed by atoms with Gasteiger partial charge in [0.25, 0.3) is 0 Å². The third kappa shape index (κ3) is 4.38. The molecule has 0 unspecified atom stereocenters. The number of carbonyl (C=O) groups is 1. The van der Waals surface area contributed by atoms with Gasteiger partial charge in [0, 0.05) is 22.9 Å². The summed E-state index contributed by atoms with van der Waals surface area (Å²) in [6, 6.07) is 5.84. The summed E-state index contributed by atoms with van der Waals surface area (Å²) >= 11 is 1.08. The Morgan fingerprint density at radius 2 is 1.85 bits per heavy atom. The largest absolute Gasteiger partial charge is 0.480 e. The minimum Gasteiger partial charge on any atom is -0.480 e. The highest BCUT2D eigenvalue weighted by molar-refractivity contribution is 8.01. The van der Waals surface area contributed by atoms with Gasteiger partial charge < -0.3 is 5.11 Å². The molecule has 0 saturated heterocycles. The van der Waals surface area contributed by atoms with Crippen LogP contribution in [-0.4, -0.2) is 20.8 Å². The average Bonchev–Trinajstić information content (AvgIpc) is 2.53. The van der Waals surface area contributed by atoms with Crippen LogP contribution in [0.4, 0.5) is 13.2 Å². The molecular formula is C19H20F3NO2S. The molecule has 2 rings (SSSR count). The van der Waals surface area contributed by atoms with Crippen LogP contribution in [0.5, 0.6) is 0 Å². The Labute approximate surface area is 154 Å². The molecule has 0 aliphatic rings. The van der Waals surface area contributed by atoms with Crippen LogP contribution in [-0.2, 0) is 11.0 Å². The third-order valence-electron chi connectivity index (χ3n) is 3.95. The quantitative estimate of drug-likeness (QED) is 0.659. The number of hydrogen-bond donors (Lipinski definition) is 1. The smallest absolute Gasteiger partial charge is 0.416 e. The molecule has 3 nitrogen and oxygen atoms in total. The first-order valence-corrected chi connectivity index (χ1v) is 8.83. The molecule has 26 heavy (non-hydrogen) atoms. The van der Waals surface area contributed by atoms with E-state index in [1.165, 1.54) is 18.5 Å². The Kier molecular flexibility index (Phi) is 5.70. The van der Waals surface area contributed by atoms with Crippen molar-refractivity contribution in [3.05, 3.63) is 47.8 Å². The van der Waals surface area contributed by atoms with E-state index in [4.69, 9.17) is 0 Å². The summed E-state index contributed by atoms with van der Waals surface area (Å²) in [6.07, 6.45) is -1.51. The number of nitrogens with zero attached hydrogens (tertiary/aromatic N) is 1. The van der Waals surface area contributed by atoms with E-state index in [0.29, 0.717) is 16.0 Å². The van der Waals surface area contributed by atoms with Gasteiger partial charge >= 0.3 is 12.1 Å². The van der Waals surface area contributed by atoms with E-state index in [2.05, 4.69) is 4.98 Å². The summed E-state index contributed by atoms with van der Waals surface area (Å²) in [7, 11) is 0. The lowest BCUT2D eigenvalue weighted by Crippen LogP contribution is -2.27. The fourth-order valence-electron chi connectivity index (χ4n) is 2.48. The van der Waals surface area contributed by atoms with Crippen molar-refractivity contribution in [1.82, 2.24) is 4.98 Å². The highest BCUT2D eigenvalue weighted by Crippen LogP contribution is 2.42. The molecule has 1 heterocycles. The van der Waals surface area contributed by atoms with Crippen molar-refractivity contribution in [2.45, 2.75) is 49.4 Å². The topological polar surface area (TPSA) is 50.2 Å². The highest BCUT2D eigenvalue weighted by atomic mass is 32.2. The number of aromatic nitrogens is 1. The molecule has 140 valence electrons. The summed E-state index contributed by atoms with van der Waals surface area (Å²) < 4.78 is 39.3. The van der Waals surface area contributed by atoms with Crippen LogP contribution in [0, 0.1) is 0 Å². The maximum absolute atomic E-state index is 13.5. The lowest BCUT2D eigenvalue weighted by molar-refractivity contribution is -0.139. The zero-order valence-electron chi connectivity index (χ0n) is 14.9. The lowest BCUT2D eigenvalue weighted by Gasteiger charge is -2.21. The van der Waals surface area contributed by atoms with E-state index >= 15 is 0 Å². The minimum absolute atomic E-state index is 0.227. The molecule has 2 aromatic rings. The minimum atomic E-state index is -4.47. The first-order chi connectivity index (χ1) is 11.9. The normalized spacial score (nSPS) is 12.5. The molecule has 0 atom stereocenters. The number of benzene rings is 1. The van der Waals surface area contributed by atoms with Crippen molar-refractivity contribution in [2.24, 2.45) is 0 Å². The number of carboxylic acids is 1. The SMILES string of the molecule is CC(C)c1ccc(-c2cnccc2SC(C)(C)C(=O)O)cc1C(F)(F)F. The van der Waals surface area contributed by atoms with Crippen molar-refractivity contribution >= 4 is 17.7 Å². The second-order valence-electron chi connectivity index (χ2n) is 6.74. The summed E-state index contributed by atoms with van der Waals surface area (Å²) in [6.45, 7) is 6.52. The molecule has 0 radical (unpaired) electrons. The van der Waals surface area contributed by atoms with Crippen LogP contribution in [0.2, 0.25) is 0 Å². The Hall–Kier alpha value is -2.02.